The van der Waals surface area contributed by atoms with Gasteiger partial charge in [0, 0.05) is 38.6 Å². The molecule has 1 aromatic rings. The summed E-state index contributed by atoms with van der Waals surface area (Å²) in [5.74, 6) is 0. The molecule has 0 atom stereocenters. The first-order valence-corrected chi connectivity index (χ1v) is 6.79. The Bertz CT molecular complexity index is 315. The van der Waals surface area contributed by atoms with Gasteiger partial charge in [0.15, 0.2) is 0 Å². The number of nitrogens with zero attached hydrogens (tertiary/aromatic N) is 1. The van der Waals surface area contributed by atoms with Gasteiger partial charge in [-0.05, 0) is 6.42 Å². The molecule has 0 aliphatic rings. The fourth-order valence-corrected chi connectivity index (χ4v) is 2.63. The Hall–Kier alpha value is -0.490. The topological polar surface area (TPSA) is 43.4 Å². The molecule has 1 N–H and O–H groups in total. The maximum absolute atomic E-state index is 5.08. The van der Waals surface area contributed by atoms with Crippen LogP contribution in [0.25, 0.3) is 0 Å². The second-order valence-corrected chi connectivity index (χ2v) is 4.91. The highest BCUT2D eigenvalue weighted by molar-refractivity contribution is 7.11. The van der Waals surface area contributed by atoms with Crippen LogP contribution in [0.5, 0.6) is 0 Å². The molecule has 0 saturated heterocycles. The van der Waals surface area contributed by atoms with Gasteiger partial charge in [0.2, 0.25) is 0 Å². The van der Waals surface area contributed by atoms with Crippen molar-refractivity contribution in [2.45, 2.75) is 26.3 Å². The maximum atomic E-state index is 5.08. The summed E-state index contributed by atoms with van der Waals surface area (Å²) in [6.45, 7) is 5.40. The Morgan fingerprint density at radius 3 is 2.65 bits per heavy atom. The number of thiazole rings is 1. The molecule has 0 aliphatic carbocycles. The van der Waals surface area contributed by atoms with E-state index in [0.717, 1.165) is 39.1 Å². The van der Waals surface area contributed by atoms with E-state index in [-0.39, 0.29) is 0 Å². The van der Waals surface area contributed by atoms with Gasteiger partial charge in [-0.3, -0.25) is 0 Å². The van der Waals surface area contributed by atoms with Crippen molar-refractivity contribution in [1.82, 2.24) is 10.3 Å². The molecule has 17 heavy (non-hydrogen) atoms. The molecule has 0 fully saturated rings. The van der Waals surface area contributed by atoms with Crippen LogP contribution in [-0.2, 0) is 28.9 Å². The smallest absolute Gasteiger partial charge is 0.0954 e. The monoisotopic (exact) mass is 258 g/mol. The van der Waals surface area contributed by atoms with Crippen molar-refractivity contribution >= 4 is 11.3 Å². The minimum Gasteiger partial charge on any atom is -0.384 e. The Morgan fingerprint density at radius 2 is 2.00 bits per heavy atom. The molecule has 0 aliphatic heterocycles. The molecule has 0 amide bonds. The number of nitrogens with one attached hydrogen (secondary N) is 1. The van der Waals surface area contributed by atoms with Gasteiger partial charge in [0.05, 0.1) is 23.9 Å². The zero-order valence-electron chi connectivity index (χ0n) is 10.9. The average molecular weight is 258 g/mol. The Labute approximate surface area is 107 Å². The van der Waals surface area contributed by atoms with Crippen LogP contribution in [-0.4, -0.2) is 39.0 Å². The molecule has 4 nitrogen and oxygen atoms in total. The van der Waals surface area contributed by atoms with Gasteiger partial charge in [-0.2, -0.15) is 0 Å². The van der Waals surface area contributed by atoms with Gasteiger partial charge in [-0.25, -0.2) is 4.98 Å². The van der Waals surface area contributed by atoms with Crippen molar-refractivity contribution in [2.24, 2.45) is 0 Å². The number of hydrogen-bond donors (Lipinski definition) is 1. The van der Waals surface area contributed by atoms with Gasteiger partial charge in [0.1, 0.15) is 0 Å². The lowest BCUT2D eigenvalue weighted by Crippen LogP contribution is -2.18. The lowest BCUT2D eigenvalue weighted by molar-refractivity contribution is 0.199. The van der Waals surface area contributed by atoms with E-state index in [0.29, 0.717) is 0 Å². The van der Waals surface area contributed by atoms with Gasteiger partial charge in [-0.1, -0.05) is 6.92 Å². The zero-order chi connectivity index (χ0) is 12.5. The van der Waals surface area contributed by atoms with E-state index in [1.165, 1.54) is 15.6 Å². The van der Waals surface area contributed by atoms with Gasteiger partial charge < -0.3 is 14.8 Å². The predicted octanol–water partition coefficient (Wildman–Crippen LogP) is 1.63. The highest BCUT2D eigenvalue weighted by Crippen LogP contribution is 2.19. The fourth-order valence-electron chi connectivity index (χ4n) is 1.52. The van der Waals surface area contributed by atoms with E-state index < -0.39 is 0 Å². The second-order valence-electron chi connectivity index (χ2n) is 3.74. The Morgan fingerprint density at radius 1 is 1.24 bits per heavy atom. The number of methoxy groups -OCH3 is 2. The van der Waals surface area contributed by atoms with E-state index >= 15 is 0 Å². The van der Waals surface area contributed by atoms with E-state index in [9.17, 15) is 0 Å². The van der Waals surface area contributed by atoms with Crippen molar-refractivity contribution < 1.29 is 9.47 Å². The van der Waals surface area contributed by atoms with E-state index in [1.807, 2.05) is 0 Å². The maximum Gasteiger partial charge on any atom is 0.0954 e. The molecule has 0 saturated carbocycles. The Balaban J connectivity index is 2.47. The predicted molar refractivity (Wildman–Crippen MR) is 70.7 cm³/mol. The molecule has 98 valence electrons. The fraction of sp³-hybridized carbons (Fsp3) is 0.750. The van der Waals surface area contributed by atoms with Gasteiger partial charge >= 0.3 is 0 Å². The van der Waals surface area contributed by atoms with Crippen LogP contribution in [0.3, 0.4) is 0 Å². The first-order valence-electron chi connectivity index (χ1n) is 5.97. The number of aryl methyl sites for hydroxylation is 1. The third-order valence-electron chi connectivity index (χ3n) is 2.45. The summed E-state index contributed by atoms with van der Waals surface area (Å²) in [5.41, 5.74) is 1.21. The second kappa shape index (κ2) is 8.58. The average Bonchev–Trinajstić information content (AvgIpc) is 2.74. The summed E-state index contributed by atoms with van der Waals surface area (Å²) < 4.78 is 10.1. The molecular formula is C12H22N2O2S. The van der Waals surface area contributed by atoms with Crippen LogP contribution in [0.1, 0.15) is 22.5 Å². The number of rotatable bonds is 9. The Kier molecular flexibility index (Phi) is 7.35. The molecule has 1 rings (SSSR count). The van der Waals surface area contributed by atoms with Crippen molar-refractivity contribution in [2.75, 3.05) is 34.0 Å². The third kappa shape index (κ3) is 5.12. The van der Waals surface area contributed by atoms with Crippen molar-refractivity contribution in [3.8, 4) is 0 Å². The minimum absolute atomic E-state index is 0.743. The quantitative estimate of drug-likeness (QED) is 0.684. The van der Waals surface area contributed by atoms with E-state index in [4.69, 9.17) is 9.47 Å². The first kappa shape index (κ1) is 14.6. The highest BCUT2D eigenvalue weighted by atomic mass is 32.1. The molecule has 0 bridgehead atoms. The summed E-state index contributed by atoms with van der Waals surface area (Å²) in [4.78, 5) is 5.97. The molecule has 0 aromatic carbocycles. The van der Waals surface area contributed by atoms with Crippen LogP contribution in [0.2, 0.25) is 0 Å². The highest BCUT2D eigenvalue weighted by Gasteiger charge is 2.08. The van der Waals surface area contributed by atoms with Gasteiger partial charge in [0.25, 0.3) is 0 Å². The largest absolute Gasteiger partial charge is 0.384 e. The summed E-state index contributed by atoms with van der Waals surface area (Å²) >= 11 is 1.79. The normalized spacial score (nSPS) is 11.0. The summed E-state index contributed by atoms with van der Waals surface area (Å²) in [7, 11) is 3.44. The zero-order valence-corrected chi connectivity index (χ0v) is 11.7. The van der Waals surface area contributed by atoms with Crippen LogP contribution in [0.4, 0.5) is 0 Å². The minimum atomic E-state index is 0.743. The third-order valence-corrected chi connectivity index (χ3v) is 3.60. The molecule has 1 aromatic heterocycles. The van der Waals surface area contributed by atoms with Crippen molar-refractivity contribution in [3.63, 3.8) is 0 Å². The van der Waals surface area contributed by atoms with E-state index in [2.05, 4.69) is 17.2 Å². The lowest BCUT2D eigenvalue weighted by atomic mass is 10.3. The number of aromatic nitrogens is 1. The molecular weight excluding hydrogens is 236 g/mol. The van der Waals surface area contributed by atoms with Crippen molar-refractivity contribution in [3.05, 3.63) is 15.6 Å². The molecule has 0 spiro atoms. The lowest BCUT2D eigenvalue weighted by Gasteiger charge is -2.02. The summed E-state index contributed by atoms with van der Waals surface area (Å²) in [5, 5.41) is 4.53. The van der Waals surface area contributed by atoms with Gasteiger partial charge in [-0.15, -0.1) is 11.3 Å². The van der Waals surface area contributed by atoms with Crippen LogP contribution >= 0.6 is 11.3 Å². The molecule has 5 heteroatoms. The molecule has 1 heterocycles. The standard InChI is InChI=1S/C12H22N2O2S/c1-4-10-11(9-13-6-8-16-3)17-12(14-10)5-7-15-2/h13H,4-9H2,1-3H3. The van der Waals surface area contributed by atoms with Crippen LogP contribution in [0.15, 0.2) is 0 Å². The molecule has 0 unspecified atom stereocenters. The first-order chi connectivity index (χ1) is 8.31. The SMILES string of the molecule is CCc1nc(CCOC)sc1CNCCOC. The van der Waals surface area contributed by atoms with Crippen LogP contribution < -0.4 is 5.32 Å². The summed E-state index contributed by atoms with van der Waals surface area (Å²) in [6.07, 6.45) is 1.90. The molecule has 0 radical (unpaired) electrons. The van der Waals surface area contributed by atoms with Crippen LogP contribution in [0, 0.1) is 0 Å². The number of hydrogen-bond acceptors (Lipinski definition) is 5. The van der Waals surface area contributed by atoms with Crippen molar-refractivity contribution in [1.29, 1.82) is 0 Å². The van der Waals surface area contributed by atoms with E-state index in [1.54, 1.807) is 25.6 Å². The number of ether oxygens (including phenoxy) is 2. The summed E-state index contributed by atoms with van der Waals surface area (Å²) in [6, 6.07) is 0.